The lowest BCUT2D eigenvalue weighted by atomic mass is 10.0. The number of hydrogen-bond acceptors (Lipinski definition) is 7. The van der Waals surface area contributed by atoms with Gasteiger partial charge in [0.15, 0.2) is 0 Å². The predicted octanol–water partition coefficient (Wildman–Crippen LogP) is 14.6. The number of hydrogen-bond donors (Lipinski definition) is 0. The second-order valence-electron chi connectivity index (χ2n) is 17.8. The number of esters is 1. The van der Waals surface area contributed by atoms with Crippen molar-refractivity contribution < 1.29 is 37.3 Å². The van der Waals surface area contributed by atoms with Crippen LogP contribution in [0.25, 0.3) is 0 Å². The van der Waals surface area contributed by atoms with Crippen molar-refractivity contribution in [2.75, 3.05) is 54.1 Å². The number of unbranched alkanes of at least 4 members (excludes halogenated alkanes) is 22. The molecule has 0 aromatic rings. The van der Waals surface area contributed by atoms with Crippen LogP contribution in [0.1, 0.15) is 206 Å². The number of allylic oxidation sites excluding steroid dienone is 10. The van der Waals surface area contributed by atoms with Gasteiger partial charge in [-0.15, -0.1) is 0 Å². The minimum Gasteiger partial charge on any atom is -0.756 e. The van der Waals surface area contributed by atoms with Crippen molar-refractivity contribution >= 4 is 13.8 Å². The standard InChI is InChI=1S/C52H96NO7P/c1-6-8-10-12-14-16-18-20-22-23-24-25-26-27-28-29-30-32-34-36-38-40-42-44-47-57-49-51(50-59-61(55,56)58-48-46-53(3,4)5)60-52(54)45-43-41-39-37-35-33-31-21-19-17-15-13-11-9-7-2/h9,11,15,17-18,20-21,23-24,31,51H,6-8,10,12-14,16,19,22,25-30,32-50H2,1-5H3/b11-9-,17-15-,20-18-,24-23-,31-21-. The number of nitrogens with zero attached hydrogens (tertiary/aromatic N) is 1. The van der Waals surface area contributed by atoms with Gasteiger partial charge in [-0.05, 0) is 77.0 Å². The van der Waals surface area contributed by atoms with Gasteiger partial charge in [0.05, 0.1) is 34.4 Å². The molecule has 0 aliphatic carbocycles. The number of carbonyl (C=O) groups excluding carboxylic acids is 1. The fraction of sp³-hybridized carbons (Fsp3) is 0.788. The van der Waals surface area contributed by atoms with Crippen molar-refractivity contribution in [1.29, 1.82) is 0 Å². The highest BCUT2D eigenvalue weighted by Gasteiger charge is 2.20. The second-order valence-corrected chi connectivity index (χ2v) is 19.2. The van der Waals surface area contributed by atoms with E-state index in [1.807, 2.05) is 21.1 Å². The van der Waals surface area contributed by atoms with Crippen molar-refractivity contribution in [3.63, 3.8) is 0 Å². The highest BCUT2D eigenvalue weighted by molar-refractivity contribution is 7.45. The lowest BCUT2D eigenvalue weighted by Gasteiger charge is -2.28. The number of quaternary nitrogens is 1. The van der Waals surface area contributed by atoms with Crippen LogP contribution >= 0.6 is 7.82 Å². The first-order valence-electron chi connectivity index (χ1n) is 25.0. The summed E-state index contributed by atoms with van der Waals surface area (Å²) in [7, 11) is 1.34. The number of phosphoric acid groups is 1. The van der Waals surface area contributed by atoms with E-state index in [1.165, 1.54) is 109 Å². The van der Waals surface area contributed by atoms with Gasteiger partial charge in [-0.1, -0.05) is 184 Å². The molecule has 8 nitrogen and oxygen atoms in total. The summed E-state index contributed by atoms with van der Waals surface area (Å²) >= 11 is 0. The molecule has 0 saturated heterocycles. The van der Waals surface area contributed by atoms with E-state index in [1.54, 1.807) is 0 Å². The van der Waals surface area contributed by atoms with Crippen LogP contribution in [0.15, 0.2) is 60.8 Å². The van der Waals surface area contributed by atoms with E-state index in [-0.39, 0.29) is 25.8 Å². The Labute approximate surface area is 377 Å². The van der Waals surface area contributed by atoms with Crippen molar-refractivity contribution in [2.45, 2.75) is 213 Å². The summed E-state index contributed by atoms with van der Waals surface area (Å²) in [5, 5.41) is 0. The van der Waals surface area contributed by atoms with Crippen LogP contribution < -0.4 is 4.89 Å². The summed E-state index contributed by atoms with van der Waals surface area (Å²) in [5.41, 5.74) is 0. The normalized spacial score (nSPS) is 14.1. The van der Waals surface area contributed by atoms with E-state index in [2.05, 4.69) is 74.6 Å². The predicted molar refractivity (Wildman–Crippen MR) is 259 cm³/mol. The van der Waals surface area contributed by atoms with Crippen LogP contribution in [-0.2, 0) is 27.9 Å². The SMILES string of the molecule is CC/C=C\C/C=C\C/C=C\CCCCCCCC(=O)OC(COCCCCCCCCCCCCCC/C=C\C/C=C\CCCCCCC)COP(=O)([O-])OCC[N+](C)(C)C. The Balaban J connectivity index is 4.13. The Kier molecular flexibility index (Phi) is 43.5. The van der Waals surface area contributed by atoms with Crippen LogP contribution in [0.5, 0.6) is 0 Å². The van der Waals surface area contributed by atoms with Gasteiger partial charge < -0.3 is 27.9 Å². The van der Waals surface area contributed by atoms with Gasteiger partial charge in [0, 0.05) is 13.0 Å². The zero-order valence-electron chi connectivity index (χ0n) is 40.4. The maximum Gasteiger partial charge on any atom is 0.306 e. The molecule has 0 fully saturated rings. The van der Waals surface area contributed by atoms with Crippen molar-refractivity contribution in [2.24, 2.45) is 0 Å². The molecule has 0 saturated carbocycles. The van der Waals surface area contributed by atoms with Gasteiger partial charge >= 0.3 is 5.97 Å². The monoisotopic (exact) mass is 878 g/mol. The Hall–Kier alpha value is -1.80. The zero-order chi connectivity index (χ0) is 44.8. The molecule has 0 radical (unpaired) electrons. The molecule has 9 heteroatoms. The van der Waals surface area contributed by atoms with Crippen LogP contribution in [0.3, 0.4) is 0 Å². The number of ether oxygens (including phenoxy) is 2. The summed E-state index contributed by atoms with van der Waals surface area (Å²) in [6, 6.07) is 0. The van der Waals surface area contributed by atoms with E-state index in [0.717, 1.165) is 77.0 Å². The summed E-state index contributed by atoms with van der Waals surface area (Å²) in [6.45, 7) is 5.27. The fourth-order valence-electron chi connectivity index (χ4n) is 6.71. The molecule has 0 aliphatic heterocycles. The third kappa shape index (κ3) is 49.1. The highest BCUT2D eigenvalue weighted by Crippen LogP contribution is 2.38. The maximum atomic E-state index is 12.7. The Morgan fingerprint density at radius 3 is 1.43 bits per heavy atom. The Morgan fingerprint density at radius 1 is 0.525 bits per heavy atom. The van der Waals surface area contributed by atoms with Gasteiger partial charge in [-0.2, -0.15) is 0 Å². The first kappa shape index (κ1) is 59.2. The van der Waals surface area contributed by atoms with E-state index >= 15 is 0 Å². The number of rotatable bonds is 46. The first-order chi connectivity index (χ1) is 29.6. The fourth-order valence-corrected chi connectivity index (χ4v) is 7.44. The molecule has 2 unspecified atom stereocenters. The second kappa shape index (κ2) is 44.8. The van der Waals surface area contributed by atoms with Crippen molar-refractivity contribution in [3.05, 3.63) is 60.8 Å². The van der Waals surface area contributed by atoms with Gasteiger partial charge in [0.2, 0.25) is 0 Å². The van der Waals surface area contributed by atoms with Gasteiger partial charge in [0.1, 0.15) is 19.3 Å². The van der Waals surface area contributed by atoms with Gasteiger partial charge in [-0.25, -0.2) is 0 Å². The molecule has 2 atom stereocenters. The summed E-state index contributed by atoms with van der Waals surface area (Å²) < 4.78 is 34.7. The van der Waals surface area contributed by atoms with E-state index in [4.69, 9.17) is 18.5 Å². The highest BCUT2D eigenvalue weighted by atomic mass is 31.2. The van der Waals surface area contributed by atoms with E-state index in [0.29, 0.717) is 24.1 Å². The largest absolute Gasteiger partial charge is 0.756 e. The van der Waals surface area contributed by atoms with Crippen LogP contribution in [0.4, 0.5) is 0 Å². The molecule has 0 bridgehead atoms. The average molecular weight is 878 g/mol. The Morgan fingerprint density at radius 2 is 0.951 bits per heavy atom. The molecular weight excluding hydrogens is 782 g/mol. The van der Waals surface area contributed by atoms with Crippen molar-refractivity contribution in [1.82, 2.24) is 0 Å². The third-order valence-corrected chi connectivity index (χ3v) is 11.5. The maximum absolute atomic E-state index is 12.7. The molecular formula is C52H96NO7P. The van der Waals surface area contributed by atoms with E-state index in [9.17, 15) is 14.3 Å². The molecule has 356 valence electrons. The third-order valence-electron chi connectivity index (χ3n) is 10.6. The molecule has 0 N–H and O–H groups in total. The summed E-state index contributed by atoms with van der Waals surface area (Å²) in [6.07, 6.45) is 56.7. The number of carbonyl (C=O) groups is 1. The smallest absolute Gasteiger partial charge is 0.306 e. The Bertz CT molecular complexity index is 1160. The molecule has 0 heterocycles. The minimum absolute atomic E-state index is 0.0202. The summed E-state index contributed by atoms with van der Waals surface area (Å²) in [5.74, 6) is -0.352. The lowest BCUT2D eigenvalue weighted by Crippen LogP contribution is -2.37. The molecule has 0 aromatic heterocycles. The summed E-state index contributed by atoms with van der Waals surface area (Å²) in [4.78, 5) is 25.1. The molecule has 0 spiro atoms. The molecule has 0 rings (SSSR count). The van der Waals surface area contributed by atoms with Crippen LogP contribution in [0.2, 0.25) is 0 Å². The molecule has 61 heavy (non-hydrogen) atoms. The van der Waals surface area contributed by atoms with E-state index < -0.39 is 13.9 Å². The molecule has 0 aliphatic rings. The number of phosphoric ester groups is 1. The van der Waals surface area contributed by atoms with Crippen molar-refractivity contribution in [3.8, 4) is 0 Å². The zero-order valence-corrected chi connectivity index (χ0v) is 41.2. The molecule has 0 amide bonds. The average Bonchev–Trinajstić information content (AvgIpc) is 3.22. The topological polar surface area (TPSA) is 94.1 Å². The molecule has 0 aromatic carbocycles. The van der Waals surface area contributed by atoms with Crippen LogP contribution in [0, 0.1) is 0 Å². The lowest BCUT2D eigenvalue weighted by molar-refractivity contribution is -0.870. The van der Waals surface area contributed by atoms with Crippen LogP contribution in [-0.4, -0.2) is 70.7 Å². The van der Waals surface area contributed by atoms with Gasteiger partial charge in [0.25, 0.3) is 7.82 Å². The first-order valence-corrected chi connectivity index (χ1v) is 26.5. The quantitative estimate of drug-likeness (QED) is 0.0198. The van der Waals surface area contributed by atoms with Gasteiger partial charge in [-0.3, -0.25) is 9.36 Å². The number of likely N-dealkylation sites (N-methyl/N-ethyl adjacent to an activating group) is 1. The minimum atomic E-state index is -4.54.